The van der Waals surface area contributed by atoms with Crippen molar-refractivity contribution >= 4 is 23.1 Å². The molecule has 4 rings (SSSR count). The highest BCUT2D eigenvalue weighted by Gasteiger charge is 2.35. The Morgan fingerprint density at radius 1 is 1.25 bits per heavy atom. The lowest BCUT2D eigenvalue weighted by Gasteiger charge is -2.26. The second-order valence-electron chi connectivity index (χ2n) is 7.53. The number of carbonyl (C=O) groups is 1. The van der Waals surface area contributed by atoms with E-state index in [0.29, 0.717) is 18.9 Å². The van der Waals surface area contributed by atoms with Crippen molar-refractivity contribution in [1.82, 2.24) is 20.1 Å². The van der Waals surface area contributed by atoms with Crippen LogP contribution in [0.25, 0.3) is 11.3 Å². The number of anilines is 3. The Balaban J connectivity index is 1.63. The summed E-state index contributed by atoms with van der Waals surface area (Å²) in [6, 6.07) is 9.03. The lowest BCUT2D eigenvalue weighted by molar-refractivity contribution is 0.0155. The van der Waals surface area contributed by atoms with Crippen molar-refractivity contribution < 1.29 is 18.0 Å². The van der Waals surface area contributed by atoms with Gasteiger partial charge in [0.15, 0.2) is 11.5 Å². The van der Waals surface area contributed by atoms with Crippen molar-refractivity contribution in [2.45, 2.75) is 5.92 Å². The van der Waals surface area contributed by atoms with Gasteiger partial charge in [-0.05, 0) is 24.3 Å². The number of pyridine rings is 1. The number of nitrogen functional groups attached to an aromatic ring is 1. The Bertz CT molecular complexity index is 1150. The molecule has 1 aliphatic heterocycles. The molecule has 32 heavy (non-hydrogen) atoms. The molecule has 1 saturated heterocycles. The lowest BCUT2D eigenvalue weighted by atomic mass is 10.1. The van der Waals surface area contributed by atoms with E-state index < -0.39 is 30.7 Å². The van der Waals surface area contributed by atoms with Crippen LogP contribution in [0.5, 0.6) is 0 Å². The van der Waals surface area contributed by atoms with Gasteiger partial charge in [0, 0.05) is 25.7 Å². The maximum absolute atomic E-state index is 14.2. The van der Waals surface area contributed by atoms with Crippen LogP contribution in [0.4, 0.5) is 30.4 Å². The lowest BCUT2D eigenvalue weighted by Crippen LogP contribution is -2.39. The molecule has 4 N–H and O–H groups in total. The minimum absolute atomic E-state index is 0.0959. The Morgan fingerprint density at radius 2 is 2.03 bits per heavy atom. The highest BCUT2D eigenvalue weighted by molar-refractivity contribution is 6.07. The fraction of sp³-hybridized carbons (Fsp3) is 0.286. The number of carbonyl (C=O) groups excluding carboxylic acids is 1. The topological polar surface area (TPSA) is 101 Å². The standard InChI is InChI=1S/C21H22F3N7O/c1-30-20(31-9-8-26-11-21(23,24)12-31)17(10-27-30)29-19(32)18-15(25)6-7-16(28-18)13-4-2-3-5-14(13)22/h2-7,10,26H,8-9,11-12,25H2,1H3,(H,29,32). The number of hydrogen-bond acceptors (Lipinski definition) is 6. The number of amides is 1. The molecule has 3 aromatic rings. The van der Waals surface area contributed by atoms with Crippen LogP contribution in [0, 0.1) is 5.82 Å². The minimum Gasteiger partial charge on any atom is -0.397 e. The molecule has 3 heterocycles. The molecule has 1 aliphatic rings. The minimum atomic E-state index is -2.94. The van der Waals surface area contributed by atoms with Crippen molar-refractivity contribution in [3.8, 4) is 11.3 Å². The molecule has 1 amide bonds. The number of hydrogen-bond donors (Lipinski definition) is 3. The smallest absolute Gasteiger partial charge is 0.277 e. The van der Waals surface area contributed by atoms with E-state index >= 15 is 0 Å². The summed E-state index contributed by atoms with van der Waals surface area (Å²) in [6.45, 7) is -0.285. The van der Waals surface area contributed by atoms with Crippen molar-refractivity contribution in [3.63, 3.8) is 0 Å². The molecule has 0 saturated carbocycles. The van der Waals surface area contributed by atoms with Crippen LogP contribution in [0.1, 0.15) is 10.5 Å². The van der Waals surface area contributed by atoms with E-state index in [9.17, 15) is 18.0 Å². The van der Waals surface area contributed by atoms with Gasteiger partial charge in [-0.25, -0.2) is 18.2 Å². The van der Waals surface area contributed by atoms with Crippen LogP contribution in [0.3, 0.4) is 0 Å². The summed E-state index contributed by atoms with van der Waals surface area (Å²) in [5.41, 5.74) is 6.65. The molecule has 0 bridgehead atoms. The van der Waals surface area contributed by atoms with Crippen LogP contribution in [0.2, 0.25) is 0 Å². The first-order valence-electron chi connectivity index (χ1n) is 9.93. The molecule has 0 atom stereocenters. The fourth-order valence-electron chi connectivity index (χ4n) is 3.63. The van der Waals surface area contributed by atoms with Crippen LogP contribution in [-0.2, 0) is 7.05 Å². The average molecular weight is 445 g/mol. The van der Waals surface area contributed by atoms with Gasteiger partial charge < -0.3 is 21.3 Å². The van der Waals surface area contributed by atoms with Crippen LogP contribution < -0.4 is 21.3 Å². The normalized spacial score (nSPS) is 15.9. The van der Waals surface area contributed by atoms with Crippen molar-refractivity contribution in [3.05, 3.63) is 54.1 Å². The zero-order valence-electron chi connectivity index (χ0n) is 17.3. The fourth-order valence-corrected chi connectivity index (χ4v) is 3.63. The largest absolute Gasteiger partial charge is 0.397 e. The second-order valence-corrected chi connectivity index (χ2v) is 7.53. The van der Waals surface area contributed by atoms with Crippen molar-refractivity contribution in [2.75, 3.05) is 42.1 Å². The number of nitrogens with one attached hydrogen (secondary N) is 2. The Morgan fingerprint density at radius 3 is 2.81 bits per heavy atom. The number of rotatable bonds is 4. The number of benzene rings is 1. The van der Waals surface area contributed by atoms with Crippen molar-refractivity contribution in [2.24, 2.45) is 7.05 Å². The zero-order valence-corrected chi connectivity index (χ0v) is 17.3. The Labute approximate surface area is 182 Å². The zero-order chi connectivity index (χ0) is 22.9. The molecule has 0 spiro atoms. The number of aromatic nitrogens is 3. The first-order valence-corrected chi connectivity index (χ1v) is 9.93. The first-order chi connectivity index (χ1) is 15.2. The van der Waals surface area contributed by atoms with E-state index in [1.165, 1.54) is 34.0 Å². The molecule has 0 unspecified atom stereocenters. The van der Waals surface area contributed by atoms with Gasteiger partial charge in [-0.3, -0.25) is 9.48 Å². The maximum Gasteiger partial charge on any atom is 0.277 e. The molecule has 1 aromatic carbocycles. The van der Waals surface area contributed by atoms with Crippen LogP contribution in [-0.4, -0.2) is 52.8 Å². The van der Waals surface area contributed by atoms with E-state index in [-0.39, 0.29) is 28.3 Å². The monoisotopic (exact) mass is 445 g/mol. The molecule has 2 aromatic heterocycles. The van der Waals surface area contributed by atoms with Crippen molar-refractivity contribution in [1.29, 1.82) is 0 Å². The third-order valence-corrected chi connectivity index (χ3v) is 5.11. The molecule has 11 heteroatoms. The molecule has 8 nitrogen and oxygen atoms in total. The van der Waals surface area contributed by atoms with Gasteiger partial charge in [-0.1, -0.05) is 12.1 Å². The van der Waals surface area contributed by atoms with Gasteiger partial charge in [-0.2, -0.15) is 5.10 Å². The van der Waals surface area contributed by atoms with E-state index in [4.69, 9.17) is 5.73 Å². The second kappa shape index (κ2) is 8.50. The average Bonchev–Trinajstić information content (AvgIpc) is 3.00. The first kappa shape index (κ1) is 21.6. The molecular weight excluding hydrogens is 423 g/mol. The quantitative estimate of drug-likeness (QED) is 0.571. The van der Waals surface area contributed by atoms with E-state index in [0.717, 1.165) is 0 Å². The molecular formula is C21H22F3N7O. The maximum atomic E-state index is 14.2. The Hall–Kier alpha value is -3.60. The summed E-state index contributed by atoms with van der Waals surface area (Å²) in [5, 5.41) is 9.47. The highest BCUT2D eigenvalue weighted by atomic mass is 19.3. The SMILES string of the molecule is Cn1ncc(NC(=O)c2nc(-c3ccccc3F)ccc2N)c1N1CCNCC(F)(F)C1. The predicted octanol–water partition coefficient (Wildman–Crippen LogP) is 2.50. The third-order valence-electron chi connectivity index (χ3n) is 5.11. The number of nitrogens with zero attached hydrogens (tertiary/aromatic N) is 4. The van der Waals surface area contributed by atoms with Crippen LogP contribution in [0.15, 0.2) is 42.6 Å². The number of nitrogens with two attached hydrogens (primary N) is 1. The predicted molar refractivity (Wildman–Crippen MR) is 115 cm³/mol. The van der Waals surface area contributed by atoms with Crippen LogP contribution >= 0.6 is 0 Å². The number of halogens is 3. The molecule has 0 aliphatic carbocycles. The summed E-state index contributed by atoms with van der Waals surface area (Å²) < 4.78 is 43.8. The Kier molecular flexibility index (Phi) is 5.74. The molecule has 168 valence electrons. The van der Waals surface area contributed by atoms with Gasteiger partial charge >= 0.3 is 0 Å². The summed E-state index contributed by atoms with van der Waals surface area (Å²) in [5.74, 6) is -3.75. The van der Waals surface area contributed by atoms with Gasteiger partial charge in [0.2, 0.25) is 0 Å². The van der Waals surface area contributed by atoms with E-state index in [2.05, 4.69) is 20.7 Å². The summed E-state index contributed by atoms with van der Waals surface area (Å²) in [4.78, 5) is 18.7. The molecule has 1 fully saturated rings. The van der Waals surface area contributed by atoms with Gasteiger partial charge in [0.25, 0.3) is 11.8 Å². The van der Waals surface area contributed by atoms with E-state index in [1.54, 1.807) is 25.2 Å². The van der Waals surface area contributed by atoms with E-state index in [1.807, 2.05) is 0 Å². The third kappa shape index (κ3) is 4.37. The molecule has 0 radical (unpaired) electrons. The number of aryl methyl sites for hydroxylation is 1. The van der Waals surface area contributed by atoms with Gasteiger partial charge in [-0.15, -0.1) is 0 Å². The highest BCUT2D eigenvalue weighted by Crippen LogP contribution is 2.30. The summed E-state index contributed by atoms with van der Waals surface area (Å²) in [7, 11) is 1.60. The van der Waals surface area contributed by atoms with Gasteiger partial charge in [0.1, 0.15) is 11.5 Å². The summed E-state index contributed by atoms with van der Waals surface area (Å²) in [6.07, 6.45) is 1.38. The summed E-state index contributed by atoms with van der Waals surface area (Å²) >= 11 is 0. The van der Waals surface area contributed by atoms with Gasteiger partial charge in [0.05, 0.1) is 30.7 Å². The number of alkyl halides is 2.